The first-order valence-electron chi connectivity index (χ1n) is 7.74. The van der Waals surface area contributed by atoms with Crippen molar-refractivity contribution in [3.63, 3.8) is 0 Å². The molecule has 0 aromatic heterocycles. The molecule has 0 heterocycles. The lowest BCUT2D eigenvalue weighted by Gasteiger charge is -2.06. The molecule has 0 unspecified atom stereocenters. The van der Waals surface area contributed by atoms with Crippen LogP contribution in [0.25, 0.3) is 0 Å². The van der Waals surface area contributed by atoms with E-state index in [1.807, 2.05) is 0 Å². The second kappa shape index (κ2) is 9.31. The molecule has 0 spiro atoms. The number of nitrogens with zero attached hydrogens (tertiary/aromatic N) is 2. The predicted octanol–water partition coefficient (Wildman–Crippen LogP) is 3.57. The van der Waals surface area contributed by atoms with Gasteiger partial charge in [0.25, 0.3) is 11.6 Å². The minimum atomic E-state index is -0.743. The molecule has 138 valence electrons. The van der Waals surface area contributed by atoms with Gasteiger partial charge in [-0.15, -0.1) is 0 Å². The molecule has 0 bridgehead atoms. The van der Waals surface area contributed by atoms with E-state index in [2.05, 4.69) is 10.6 Å². The Labute approximate surface area is 159 Å². The highest BCUT2D eigenvalue weighted by molar-refractivity contribution is 6.32. The Balaban J connectivity index is 1.98. The molecule has 1 amide bonds. The number of hydrogen-bond acceptors (Lipinski definition) is 5. The van der Waals surface area contributed by atoms with Gasteiger partial charge < -0.3 is 10.6 Å². The first-order chi connectivity index (χ1) is 12.9. The van der Waals surface area contributed by atoms with Crippen molar-refractivity contribution in [2.24, 2.45) is 0 Å². The van der Waals surface area contributed by atoms with E-state index in [-0.39, 0.29) is 27.8 Å². The highest BCUT2D eigenvalue weighted by atomic mass is 35.5. The summed E-state index contributed by atoms with van der Waals surface area (Å²) in [7, 11) is 0. The standard InChI is InChI=1S/C18H14ClFN4O3/c19-15-6-5-14(9-17(15)24(26)27)23-18(25)13(10-21)11-22-8-7-12-3-1-2-4-16(12)20/h1-6,9,11,22H,7-8H2,(H,23,25)/b13-11-. The molecule has 0 saturated carbocycles. The Morgan fingerprint density at radius 3 is 2.74 bits per heavy atom. The molecular weight excluding hydrogens is 375 g/mol. The van der Waals surface area contributed by atoms with Gasteiger partial charge in [-0.3, -0.25) is 14.9 Å². The topological polar surface area (TPSA) is 108 Å². The lowest BCUT2D eigenvalue weighted by atomic mass is 10.1. The van der Waals surface area contributed by atoms with Gasteiger partial charge in [-0.2, -0.15) is 5.26 Å². The van der Waals surface area contributed by atoms with Crippen LogP contribution in [0.5, 0.6) is 0 Å². The van der Waals surface area contributed by atoms with Crippen molar-refractivity contribution in [1.82, 2.24) is 5.32 Å². The average Bonchev–Trinajstić information content (AvgIpc) is 2.64. The molecule has 27 heavy (non-hydrogen) atoms. The van der Waals surface area contributed by atoms with E-state index < -0.39 is 10.8 Å². The summed E-state index contributed by atoms with van der Waals surface area (Å²) in [6.45, 7) is 0.311. The number of nitriles is 1. The molecule has 0 aliphatic carbocycles. The van der Waals surface area contributed by atoms with Crippen LogP contribution in [0.4, 0.5) is 15.8 Å². The summed E-state index contributed by atoms with van der Waals surface area (Å²) in [5, 5.41) is 25.1. The van der Waals surface area contributed by atoms with E-state index in [0.717, 1.165) is 6.07 Å². The van der Waals surface area contributed by atoms with Crippen LogP contribution in [0.15, 0.2) is 54.2 Å². The van der Waals surface area contributed by atoms with Crippen LogP contribution in [0.1, 0.15) is 5.56 Å². The van der Waals surface area contributed by atoms with Crippen LogP contribution in [0, 0.1) is 27.3 Å². The van der Waals surface area contributed by atoms with E-state index in [9.17, 15) is 19.3 Å². The zero-order valence-electron chi connectivity index (χ0n) is 13.9. The third kappa shape index (κ3) is 5.52. The maximum absolute atomic E-state index is 13.5. The van der Waals surface area contributed by atoms with Crippen molar-refractivity contribution in [3.05, 3.63) is 80.8 Å². The van der Waals surface area contributed by atoms with Crippen LogP contribution in [-0.4, -0.2) is 17.4 Å². The van der Waals surface area contributed by atoms with Gasteiger partial charge in [0.15, 0.2) is 0 Å². The quantitative estimate of drug-likeness (QED) is 0.248. The number of anilines is 1. The number of halogens is 2. The van der Waals surface area contributed by atoms with Crippen LogP contribution in [0.3, 0.4) is 0 Å². The van der Waals surface area contributed by atoms with Gasteiger partial charge in [-0.1, -0.05) is 29.8 Å². The Kier molecular flexibility index (Phi) is 6.86. The van der Waals surface area contributed by atoms with Crippen molar-refractivity contribution in [1.29, 1.82) is 5.26 Å². The molecule has 9 heteroatoms. The van der Waals surface area contributed by atoms with Crippen LogP contribution in [-0.2, 0) is 11.2 Å². The minimum Gasteiger partial charge on any atom is -0.389 e. The van der Waals surface area contributed by atoms with Crippen LogP contribution in [0.2, 0.25) is 5.02 Å². The second-order valence-corrected chi connectivity index (χ2v) is 5.75. The molecule has 2 N–H and O–H groups in total. The van der Waals surface area contributed by atoms with Gasteiger partial charge in [0, 0.05) is 24.5 Å². The molecule has 0 saturated heterocycles. The third-order valence-electron chi connectivity index (χ3n) is 3.51. The Hall–Kier alpha value is -3.44. The number of benzene rings is 2. The molecule has 0 radical (unpaired) electrons. The van der Waals surface area contributed by atoms with Gasteiger partial charge in [0.1, 0.15) is 22.5 Å². The predicted molar refractivity (Wildman–Crippen MR) is 98.5 cm³/mol. The SMILES string of the molecule is N#C/C(=C/NCCc1ccccc1F)C(=O)Nc1ccc(Cl)c([N+](=O)[O-])c1. The summed E-state index contributed by atoms with van der Waals surface area (Å²) in [4.78, 5) is 22.3. The smallest absolute Gasteiger partial charge is 0.289 e. The summed E-state index contributed by atoms with van der Waals surface area (Å²) in [5.41, 5.74) is 0.0412. The van der Waals surface area contributed by atoms with Crippen LogP contribution >= 0.6 is 11.6 Å². The summed E-state index contributed by atoms with van der Waals surface area (Å²) in [6.07, 6.45) is 1.58. The first kappa shape index (κ1) is 19.9. The zero-order chi connectivity index (χ0) is 19.8. The number of carbonyl (C=O) groups excluding carboxylic acids is 1. The Morgan fingerprint density at radius 1 is 1.33 bits per heavy atom. The molecule has 0 fully saturated rings. The number of carbonyl (C=O) groups is 1. The molecule has 2 aromatic carbocycles. The Bertz CT molecular complexity index is 940. The van der Waals surface area contributed by atoms with Crippen LogP contribution < -0.4 is 10.6 Å². The highest BCUT2D eigenvalue weighted by Crippen LogP contribution is 2.27. The number of amides is 1. The summed E-state index contributed by atoms with van der Waals surface area (Å²) >= 11 is 5.71. The van der Waals surface area contributed by atoms with E-state index in [0.29, 0.717) is 18.5 Å². The lowest BCUT2D eigenvalue weighted by Crippen LogP contribution is -2.18. The molecule has 0 aliphatic rings. The third-order valence-corrected chi connectivity index (χ3v) is 3.83. The maximum Gasteiger partial charge on any atom is 0.289 e. The van der Waals surface area contributed by atoms with Crippen molar-refractivity contribution in [2.45, 2.75) is 6.42 Å². The van der Waals surface area contributed by atoms with Crippen molar-refractivity contribution >= 4 is 28.9 Å². The molecular formula is C18H14ClFN4O3. The fraction of sp³-hybridized carbons (Fsp3) is 0.111. The number of hydrogen-bond donors (Lipinski definition) is 2. The molecule has 2 rings (SSSR count). The molecule has 0 aliphatic heterocycles. The summed E-state index contributed by atoms with van der Waals surface area (Å²) in [6, 6.07) is 11.8. The van der Waals surface area contributed by atoms with Gasteiger partial charge in [0.05, 0.1) is 4.92 Å². The molecule has 0 atom stereocenters. The fourth-order valence-electron chi connectivity index (χ4n) is 2.16. The van der Waals surface area contributed by atoms with Crippen molar-refractivity contribution < 1.29 is 14.1 Å². The van der Waals surface area contributed by atoms with Crippen molar-refractivity contribution in [2.75, 3.05) is 11.9 Å². The number of nitro benzene ring substituents is 1. The van der Waals surface area contributed by atoms with E-state index in [4.69, 9.17) is 16.9 Å². The van der Waals surface area contributed by atoms with Crippen molar-refractivity contribution in [3.8, 4) is 6.07 Å². The minimum absolute atomic E-state index is 0.0659. The fourth-order valence-corrected chi connectivity index (χ4v) is 2.35. The van der Waals surface area contributed by atoms with E-state index in [1.54, 1.807) is 24.3 Å². The van der Waals surface area contributed by atoms with E-state index >= 15 is 0 Å². The molecule has 7 nitrogen and oxygen atoms in total. The maximum atomic E-state index is 13.5. The van der Waals surface area contributed by atoms with Gasteiger partial charge in [0.2, 0.25) is 0 Å². The monoisotopic (exact) mass is 388 g/mol. The van der Waals surface area contributed by atoms with Gasteiger partial charge >= 0.3 is 0 Å². The number of nitrogens with one attached hydrogen (secondary N) is 2. The normalized spacial score (nSPS) is 10.8. The average molecular weight is 389 g/mol. The first-order valence-corrected chi connectivity index (χ1v) is 8.12. The van der Waals surface area contributed by atoms with Gasteiger partial charge in [-0.25, -0.2) is 4.39 Å². The van der Waals surface area contributed by atoms with Gasteiger partial charge in [-0.05, 0) is 30.2 Å². The lowest BCUT2D eigenvalue weighted by molar-refractivity contribution is -0.384. The number of nitro groups is 1. The summed E-state index contributed by atoms with van der Waals surface area (Å²) in [5.74, 6) is -1.07. The number of rotatable bonds is 7. The summed E-state index contributed by atoms with van der Waals surface area (Å²) < 4.78 is 13.5. The largest absolute Gasteiger partial charge is 0.389 e. The highest BCUT2D eigenvalue weighted by Gasteiger charge is 2.15. The molecule has 2 aromatic rings. The second-order valence-electron chi connectivity index (χ2n) is 5.34. The zero-order valence-corrected chi connectivity index (χ0v) is 14.7. The Morgan fingerprint density at radius 2 is 2.07 bits per heavy atom. The van der Waals surface area contributed by atoms with E-state index in [1.165, 1.54) is 24.4 Å².